The van der Waals surface area contributed by atoms with E-state index in [-0.39, 0.29) is 0 Å². The molecule has 0 spiro atoms. The van der Waals surface area contributed by atoms with Crippen molar-refractivity contribution in [1.82, 2.24) is 19.4 Å². The molecule has 0 N–H and O–H groups in total. The fourth-order valence-corrected chi connectivity index (χ4v) is 4.65. The Morgan fingerprint density at radius 2 is 1.81 bits per heavy atom. The van der Waals surface area contributed by atoms with Crippen molar-refractivity contribution >= 4 is 16.9 Å². The van der Waals surface area contributed by atoms with Crippen LogP contribution in [0.2, 0.25) is 0 Å². The fourth-order valence-electron chi connectivity index (χ4n) is 4.65. The third-order valence-corrected chi connectivity index (χ3v) is 6.46. The summed E-state index contributed by atoms with van der Waals surface area (Å²) in [6, 6.07) is 8.29. The van der Waals surface area contributed by atoms with E-state index in [1.54, 1.807) is 0 Å². The van der Waals surface area contributed by atoms with Crippen molar-refractivity contribution < 1.29 is 4.79 Å². The molecule has 27 heavy (non-hydrogen) atoms. The summed E-state index contributed by atoms with van der Waals surface area (Å²) in [4.78, 5) is 21.9. The molecule has 1 saturated heterocycles. The third-order valence-electron chi connectivity index (χ3n) is 6.46. The van der Waals surface area contributed by atoms with E-state index in [2.05, 4.69) is 39.6 Å². The largest absolute Gasteiger partial charge is 0.340 e. The summed E-state index contributed by atoms with van der Waals surface area (Å²) in [5.41, 5.74) is 2.25. The van der Waals surface area contributed by atoms with Gasteiger partial charge in [-0.1, -0.05) is 44.2 Å². The van der Waals surface area contributed by atoms with Gasteiger partial charge in [0, 0.05) is 39.6 Å². The lowest BCUT2D eigenvalue weighted by Crippen LogP contribution is -2.48. The van der Waals surface area contributed by atoms with Crippen LogP contribution in [0, 0.1) is 5.92 Å². The number of nitrogens with zero attached hydrogens (tertiary/aromatic N) is 4. The maximum Gasteiger partial charge on any atom is 0.222 e. The average molecular weight is 369 g/mol. The zero-order valence-electron chi connectivity index (χ0n) is 16.6. The molecule has 2 heterocycles. The molecular weight excluding hydrogens is 336 g/mol. The number of piperazine rings is 1. The van der Waals surface area contributed by atoms with Gasteiger partial charge in [0.05, 0.1) is 17.6 Å². The second-order valence-corrected chi connectivity index (χ2v) is 8.28. The molecule has 2 aromatic rings. The summed E-state index contributed by atoms with van der Waals surface area (Å²) < 4.78 is 2.19. The lowest BCUT2D eigenvalue weighted by atomic mass is 9.86. The van der Waals surface area contributed by atoms with Crippen LogP contribution in [-0.2, 0) is 18.4 Å². The van der Waals surface area contributed by atoms with E-state index in [0.717, 1.165) is 62.8 Å². The van der Waals surface area contributed by atoms with Gasteiger partial charge in [0.1, 0.15) is 5.82 Å². The number of imidazole rings is 1. The van der Waals surface area contributed by atoms with Gasteiger partial charge in [-0.15, -0.1) is 0 Å². The van der Waals surface area contributed by atoms with Crippen molar-refractivity contribution in [3.05, 3.63) is 30.1 Å². The summed E-state index contributed by atoms with van der Waals surface area (Å²) in [7, 11) is 2.09. The van der Waals surface area contributed by atoms with Gasteiger partial charge in [-0.2, -0.15) is 0 Å². The molecule has 4 rings (SSSR count). The molecule has 1 saturated carbocycles. The molecule has 5 nitrogen and oxygen atoms in total. The van der Waals surface area contributed by atoms with Gasteiger partial charge in [-0.05, 0) is 24.5 Å². The molecule has 0 radical (unpaired) electrons. The summed E-state index contributed by atoms with van der Waals surface area (Å²) in [5, 5.41) is 0. The molecule has 2 fully saturated rings. The number of amides is 1. The Bertz CT molecular complexity index is 770. The molecule has 1 amide bonds. The number of fused-ring (bicyclic) bond motifs is 1. The first-order valence-corrected chi connectivity index (χ1v) is 10.6. The minimum atomic E-state index is 0.364. The number of carbonyl (C=O) groups is 1. The van der Waals surface area contributed by atoms with Crippen LogP contribution in [-0.4, -0.2) is 51.4 Å². The summed E-state index contributed by atoms with van der Waals surface area (Å²) in [5.74, 6) is 2.26. The van der Waals surface area contributed by atoms with Gasteiger partial charge in [0.25, 0.3) is 0 Å². The van der Waals surface area contributed by atoms with Gasteiger partial charge in [0.15, 0.2) is 0 Å². The Balaban J connectivity index is 1.25. The maximum atomic E-state index is 12.6. The Morgan fingerprint density at radius 1 is 1.07 bits per heavy atom. The fraction of sp³-hybridized carbons (Fsp3) is 0.636. The van der Waals surface area contributed by atoms with Crippen LogP contribution >= 0.6 is 0 Å². The molecule has 5 heteroatoms. The van der Waals surface area contributed by atoms with E-state index in [0.29, 0.717) is 5.91 Å². The first-order valence-electron chi connectivity index (χ1n) is 10.6. The van der Waals surface area contributed by atoms with E-state index in [1.165, 1.54) is 37.6 Å². The monoisotopic (exact) mass is 368 g/mol. The topological polar surface area (TPSA) is 41.4 Å². The quantitative estimate of drug-likeness (QED) is 0.810. The van der Waals surface area contributed by atoms with E-state index >= 15 is 0 Å². The third kappa shape index (κ3) is 4.34. The van der Waals surface area contributed by atoms with E-state index in [9.17, 15) is 4.79 Å². The summed E-state index contributed by atoms with van der Waals surface area (Å²) >= 11 is 0. The van der Waals surface area contributed by atoms with Crippen LogP contribution in [0.1, 0.15) is 50.8 Å². The molecular formula is C22H32N4O. The van der Waals surface area contributed by atoms with Crippen molar-refractivity contribution in [2.24, 2.45) is 13.0 Å². The normalized spacial score (nSPS) is 19.7. The van der Waals surface area contributed by atoms with Crippen LogP contribution in [0.3, 0.4) is 0 Å². The number of rotatable bonds is 5. The van der Waals surface area contributed by atoms with Gasteiger partial charge in [0.2, 0.25) is 5.91 Å². The minimum absolute atomic E-state index is 0.364. The van der Waals surface area contributed by atoms with Crippen molar-refractivity contribution in [1.29, 1.82) is 0 Å². The number of carbonyl (C=O) groups excluding carboxylic acids is 1. The van der Waals surface area contributed by atoms with Crippen molar-refractivity contribution in [2.75, 3.05) is 26.2 Å². The van der Waals surface area contributed by atoms with E-state index < -0.39 is 0 Å². The second-order valence-electron chi connectivity index (χ2n) is 8.28. The Kier molecular flexibility index (Phi) is 5.77. The molecule has 0 atom stereocenters. The van der Waals surface area contributed by atoms with Crippen molar-refractivity contribution in [3.63, 3.8) is 0 Å². The van der Waals surface area contributed by atoms with Crippen LogP contribution in [0.5, 0.6) is 0 Å². The molecule has 0 bridgehead atoms. The number of aromatic nitrogens is 2. The highest BCUT2D eigenvalue weighted by Gasteiger charge is 2.23. The van der Waals surface area contributed by atoms with Crippen molar-refractivity contribution in [2.45, 2.75) is 51.5 Å². The predicted octanol–water partition coefficient (Wildman–Crippen LogP) is 3.58. The number of hydrogen-bond acceptors (Lipinski definition) is 3. The Morgan fingerprint density at radius 3 is 2.56 bits per heavy atom. The first-order chi connectivity index (χ1) is 13.2. The number of aryl methyl sites for hydroxylation is 1. The number of hydrogen-bond donors (Lipinski definition) is 0. The van der Waals surface area contributed by atoms with Gasteiger partial charge in [-0.3, -0.25) is 9.69 Å². The maximum absolute atomic E-state index is 12.6. The molecule has 0 unspecified atom stereocenters. The average Bonchev–Trinajstić information content (AvgIpc) is 3.03. The van der Waals surface area contributed by atoms with E-state index in [4.69, 9.17) is 4.98 Å². The molecule has 2 aliphatic rings. The van der Waals surface area contributed by atoms with Gasteiger partial charge in [-0.25, -0.2) is 4.98 Å². The highest BCUT2D eigenvalue weighted by molar-refractivity contribution is 5.76. The first kappa shape index (κ1) is 18.5. The van der Waals surface area contributed by atoms with Crippen LogP contribution < -0.4 is 0 Å². The van der Waals surface area contributed by atoms with Crippen LogP contribution in [0.25, 0.3) is 11.0 Å². The lowest BCUT2D eigenvalue weighted by Gasteiger charge is -2.35. The number of para-hydroxylation sites is 2. The SMILES string of the molecule is Cn1c(CN2CCN(C(=O)CCC3CCCCC3)CC2)nc2ccccc21. The summed E-state index contributed by atoms with van der Waals surface area (Å²) in [6.45, 7) is 4.45. The standard InChI is InChI=1S/C22H32N4O/c1-24-20-10-6-5-9-19(20)23-21(24)17-25-13-15-26(16-14-25)22(27)12-11-18-7-3-2-4-8-18/h5-6,9-10,18H,2-4,7-8,11-17H2,1H3. The highest BCUT2D eigenvalue weighted by Crippen LogP contribution is 2.27. The smallest absolute Gasteiger partial charge is 0.222 e. The predicted molar refractivity (Wildman–Crippen MR) is 108 cm³/mol. The van der Waals surface area contributed by atoms with Crippen LogP contribution in [0.4, 0.5) is 0 Å². The second kappa shape index (κ2) is 8.42. The molecule has 1 aromatic heterocycles. The lowest BCUT2D eigenvalue weighted by molar-refractivity contribution is -0.133. The summed E-state index contributed by atoms with van der Waals surface area (Å²) in [6.07, 6.45) is 8.61. The van der Waals surface area contributed by atoms with Crippen molar-refractivity contribution in [3.8, 4) is 0 Å². The minimum Gasteiger partial charge on any atom is -0.340 e. The Labute approximate surface area is 162 Å². The molecule has 146 valence electrons. The highest BCUT2D eigenvalue weighted by atomic mass is 16.2. The van der Waals surface area contributed by atoms with Gasteiger partial charge < -0.3 is 9.47 Å². The number of benzene rings is 1. The molecule has 1 aliphatic carbocycles. The zero-order chi connectivity index (χ0) is 18.6. The van der Waals surface area contributed by atoms with E-state index in [1.807, 2.05) is 6.07 Å². The van der Waals surface area contributed by atoms with Gasteiger partial charge >= 0.3 is 0 Å². The molecule has 1 aromatic carbocycles. The Hall–Kier alpha value is -1.88. The zero-order valence-corrected chi connectivity index (χ0v) is 16.6. The van der Waals surface area contributed by atoms with Crippen LogP contribution in [0.15, 0.2) is 24.3 Å². The molecule has 1 aliphatic heterocycles.